The van der Waals surface area contributed by atoms with Crippen LogP contribution in [-0.2, 0) is 0 Å². The van der Waals surface area contributed by atoms with Crippen molar-refractivity contribution in [3.05, 3.63) is 40.6 Å². The summed E-state index contributed by atoms with van der Waals surface area (Å²) in [5.41, 5.74) is 1.32. The van der Waals surface area contributed by atoms with Crippen molar-refractivity contribution >= 4 is 22.3 Å². The lowest BCUT2D eigenvalue weighted by Crippen LogP contribution is -2.32. The molecule has 0 amide bonds. The second-order valence-electron chi connectivity index (χ2n) is 4.94. The van der Waals surface area contributed by atoms with Gasteiger partial charge in [0.15, 0.2) is 0 Å². The topological polar surface area (TPSA) is 79.5 Å². The van der Waals surface area contributed by atoms with Gasteiger partial charge in [-0.05, 0) is 18.9 Å². The van der Waals surface area contributed by atoms with Gasteiger partial charge in [0.05, 0.1) is 23.1 Å². The zero-order chi connectivity index (χ0) is 14.1. The van der Waals surface area contributed by atoms with Crippen LogP contribution in [0.5, 0.6) is 0 Å². The summed E-state index contributed by atoms with van der Waals surface area (Å²) in [4.78, 5) is 17.0. The van der Waals surface area contributed by atoms with E-state index < -0.39 is 4.92 Å². The molecule has 1 aliphatic heterocycles. The molecule has 20 heavy (non-hydrogen) atoms. The van der Waals surface area contributed by atoms with Crippen molar-refractivity contribution < 1.29 is 10.0 Å². The van der Waals surface area contributed by atoms with Gasteiger partial charge in [-0.25, -0.2) is 4.98 Å². The summed E-state index contributed by atoms with van der Waals surface area (Å²) in [5.74, 6) is 0. The van der Waals surface area contributed by atoms with Crippen molar-refractivity contribution in [1.82, 2.24) is 4.98 Å². The van der Waals surface area contributed by atoms with E-state index in [2.05, 4.69) is 4.98 Å². The Morgan fingerprint density at radius 2 is 2.25 bits per heavy atom. The summed E-state index contributed by atoms with van der Waals surface area (Å²) in [6, 6.07) is 7.34. The predicted octanol–water partition coefficient (Wildman–Crippen LogP) is 2.10. The van der Waals surface area contributed by atoms with E-state index >= 15 is 0 Å². The van der Waals surface area contributed by atoms with Crippen LogP contribution in [-0.4, -0.2) is 34.2 Å². The molecular weight excluding hydrogens is 258 g/mol. The Balaban J connectivity index is 2.24. The van der Waals surface area contributed by atoms with E-state index in [1.165, 1.54) is 6.20 Å². The van der Waals surface area contributed by atoms with E-state index in [0.29, 0.717) is 5.69 Å². The normalized spacial score (nSPS) is 18.6. The number of nitrogens with zero attached hydrogens (tertiary/aromatic N) is 3. The van der Waals surface area contributed by atoms with E-state index in [1.807, 2.05) is 29.2 Å². The molecule has 3 rings (SSSR count). The van der Waals surface area contributed by atoms with E-state index in [1.54, 1.807) is 0 Å². The van der Waals surface area contributed by atoms with Crippen molar-refractivity contribution in [2.45, 2.75) is 18.9 Å². The maximum Gasteiger partial charge on any atom is 0.311 e. The van der Waals surface area contributed by atoms with Crippen molar-refractivity contribution in [3.8, 4) is 0 Å². The monoisotopic (exact) mass is 273 g/mol. The Morgan fingerprint density at radius 3 is 3.00 bits per heavy atom. The van der Waals surface area contributed by atoms with E-state index in [0.717, 1.165) is 30.3 Å². The molecule has 104 valence electrons. The molecule has 0 aliphatic carbocycles. The van der Waals surface area contributed by atoms with Gasteiger partial charge in [-0.3, -0.25) is 10.1 Å². The first-order chi connectivity index (χ1) is 9.72. The lowest BCUT2D eigenvalue weighted by molar-refractivity contribution is -0.384. The number of fused-ring (bicyclic) bond motifs is 1. The van der Waals surface area contributed by atoms with Gasteiger partial charge in [0.2, 0.25) is 0 Å². The van der Waals surface area contributed by atoms with Gasteiger partial charge in [-0.15, -0.1) is 0 Å². The standard InChI is InChI=1S/C14H15N3O3/c18-9-10-4-3-7-16(10)14-11-5-1-2-6-12(11)15-8-13(14)17(19)20/h1-2,5-6,8,10,18H,3-4,7,9H2. The number of aliphatic hydroxyl groups is 1. The molecule has 0 saturated carbocycles. The molecule has 1 saturated heterocycles. The van der Waals surface area contributed by atoms with Gasteiger partial charge >= 0.3 is 5.69 Å². The number of aliphatic hydroxyl groups excluding tert-OH is 1. The number of rotatable bonds is 3. The van der Waals surface area contributed by atoms with Crippen LogP contribution >= 0.6 is 0 Å². The average Bonchev–Trinajstić information content (AvgIpc) is 2.93. The summed E-state index contributed by atoms with van der Waals surface area (Å²) in [6.45, 7) is 0.730. The molecule has 1 aliphatic rings. The van der Waals surface area contributed by atoms with Crippen LogP contribution in [0.1, 0.15) is 12.8 Å². The molecule has 1 aromatic heterocycles. The van der Waals surface area contributed by atoms with Crippen LogP contribution in [0.15, 0.2) is 30.5 Å². The van der Waals surface area contributed by atoms with Gasteiger partial charge < -0.3 is 10.0 Å². The molecule has 1 atom stereocenters. The highest BCUT2D eigenvalue weighted by molar-refractivity contribution is 5.96. The van der Waals surface area contributed by atoms with E-state index in [4.69, 9.17) is 0 Å². The average molecular weight is 273 g/mol. The molecule has 1 N–H and O–H groups in total. The van der Waals surface area contributed by atoms with Gasteiger partial charge in [-0.2, -0.15) is 0 Å². The van der Waals surface area contributed by atoms with Crippen LogP contribution in [0.4, 0.5) is 11.4 Å². The Morgan fingerprint density at radius 1 is 1.45 bits per heavy atom. The van der Waals surface area contributed by atoms with Gasteiger partial charge in [0.25, 0.3) is 0 Å². The van der Waals surface area contributed by atoms with Crippen LogP contribution in [0.25, 0.3) is 10.9 Å². The predicted molar refractivity (Wildman–Crippen MR) is 75.9 cm³/mol. The third-order valence-corrected chi connectivity index (χ3v) is 3.80. The number of hydrogen-bond donors (Lipinski definition) is 1. The van der Waals surface area contributed by atoms with Crippen molar-refractivity contribution in [3.63, 3.8) is 0 Å². The molecule has 0 radical (unpaired) electrons. The maximum atomic E-state index is 11.3. The number of para-hydroxylation sites is 1. The largest absolute Gasteiger partial charge is 0.394 e. The van der Waals surface area contributed by atoms with Crippen LogP contribution in [0.3, 0.4) is 0 Å². The van der Waals surface area contributed by atoms with E-state index in [9.17, 15) is 15.2 Å². The maximum absolute atomic E-state index is 11.3. The molecule has 0 bridgehead atoms. The first-order valence-electron chi connectivity index (χ1n) is 6.62. The zero-order valence-electron chi connectivity index (χ0n) is 10.9. The molecule has 2 aromatic rings. The van der Waals surface area contributed by atoms with Crippen molar-refractivity contribution in [2.24, 2.45) is 0 Å². The highest BCUT2D eigenvalue weighted by Crippen LogP contribution is 2.38. The Labute approximate surface area is 115 Å². The van der Waals surface area contributed by atoms with Crippen LogP contribution in [0.2, 0.25) is 0 Å². The number of pyridine rings is 1. The highest BCUT2D eigenvalue weighted by Gasteiger charge is 2.31. The number of benzene rings is 1. The van der Waals surface area contributed by atoms with Crippen molar-refractivity contribution in [2.75, 3.05) is 18.1 Å². The third kappa shape index (κ3) is 1.98. The number of nitro groups is 1. The van der Waals surface area contributed by atoms with Gasteiger partial charge in [0, 0.05) is 11.9 Å². The minimum absolute atomic E-state index is 0.00375. The Kier molecular flexibility index (Phi) is 3.23. The fraction of sp³-hybridized carbons (Fsp3) is 0.357. The molecule has 1 unspecified atom stereocenters. The Hall–Kier alpha value is -2.21. The SMILES string of the molecule is O=[N+]([O-])c1cnc2ccccc2c1N1CCCC1CO. The third-order valence-electron chi connectivity index (χ3n) is 3.80. The zero-order valence-corrected chi connectivity index (χ0v) is 10.9. The van der Waals surface area contributed by atoms with Gasteiger partial charge in [0.1, 0.15) is 11.9 Å². The molecular formula is C14H15N3O3. The second kappa shape index (κ2) is 5.05. The summed E-state index contributed by atoms with van der Waals surface area (Å²) < 4.78 is 0. The summed E-state index contributed by atoms with van der Waals surface area (Å²) >= 11 is 0. The van der Waals surface area contributed by atoms with Crippen molar-refractivity contribution in [1.29, 1.82) is 0 Å². The van der Waals surface area contributed by atoms with Gasteiger partial charge in [-0.1, -0.05) is 18.2 Å². The molecule has 2 heterocycles. The lowest BCUT2D eigenvalue weighted by Gasteiger charge is -2.26. The first kappa shape index (κ1) is 12.8. The fourth-order valence-corrected chi connectivity index (χ4v) is 2.87. The second-order valence-corrected chi connectivity index (χ2v) is 4.94. The molecule has 6 heteroatoms. The summed E-state index contributed by atoms with van der Waals surface area (Å²) in [6.07, 6.45) is 3.09. The highest BCUT2D eigenvalue weighted by atomic mass is 16.6. The number of hydrogen-bond acceptors (Lipinski definition) is 5. The van der Waals surface area contributed by atoms with Crippen LogP contribution in [0, 0.1) is 10.1 Å². The van der Waals surface area contributed by atoms with E-state index in [-0.39, 0.29) is 18.3 Å². The Bertz CT molecular complexity index is 659. The van der Waals surface area contributed by atoms with Crippen LogP contribution < -0.4 is 4.90 Å². The molecule has 6 nitrogen and oxygen atoms in total. The molecule has 1 aromatic carbocycles. The number of aromatic nitrogens is 1. The minimum Gasteiger partial charge on any atom is -0.394 e. The smallest absolute Gasteiger partial charge is 0.311 e. The lowest BCUT2D eigenvalue weighted by atomic mass is 10.1. The molecule has 1 fully saturated rings. The molecule has 0 spiro atoms. The fourth-order valence-electron chi connectivity index (χ4n) is 2.87. The quantitative estimate of drug-likeness (QED) is 0.684. The number of anilines is 1. The summed E-state index contributed by atoms with van der Waals surface area (Å²) in [5, 5.41) is 21.5. The first-order valence-corrected chi connectivity index (χ1v) is 6.62. The minimum atomic E-state index is -0.401. The summed E-state index contributed by atoms with van der Waals surface area (Å²) in [7, 11) is 0.